The van der Waals surface area contributed by atoms with Gasteiger partial charge in [0.15, 0.2) is 23.9 Å². The van der Waals surface area contributed by atoms with E-state index in [2.05, 4.69) is 17.1 Å². The van der Waals surface area contributed by atoms with E-state index in [1.165, 1.54) is 0 Å². The first kappa shape index (κ1) is 15.3. The molecule has 0 radical (unpaired) electrons. The van der Waals surface area contributed by atoms with Crippen LogP contribution in [0.3, 0.4) is 0 Å². The molecular formula is C15H21N3O3. The Kier molecular flexibility index (Phi) is 5.57. The Hall–Kier alpha value is -2.08. The van der Waals surface area contributed by atoms with Crippen molar-refractivity contribution in [3.63, 3.8) is 0 Å². The zero-order valence-electron chi connectivity index (χ0n) is 12.5. The lowest BCUT2D eigenvalue weighted by Gasteiger charge is -2.13. The first-order valence-electron chi connectivity index (χ1n) is 7.17. The first-order chi connectivity index (χ1) is 10.3. The lowest BCUT2D eigenvalue weighted by molar-refractivity contribution is 0.226. The molecule has 2 aromatic rings. The van der Waals surface area contributed by atoms with E-state index in [4.69, 9.17) is 19.7 Å². The molecule has 0 fully saturated rings. The number of para-hydroxylation sites is 1. The van der Waals surface area contributed by atoms with Crippen LogP contribution in [-0.2, 0) is 19.6 Å². The maximum absolute atomic E-state index is 5.79. The molecule has 0 spiro atoms. The fraction of sp³-hybridized carbons (Fsp3) is 0.467. The van der Waals surface area contributed by atoms with Gasteiger partial charge in [-0.05, 0) is 19.4 Å². The van der Waals surface area contributed by atoms with Gasteiger partial charge in [0.2, 0.25) is 0 Å². The number of ether oxygens (including phenoxy) is 2. The standard InChI is InChI=1S/C15H21N3O3/c1-3-6-13-17-14(21-18-13)10-20-15-11(9-16)7-5-8-12(15)19-4-2/h5,7-8H,3-4,6,9-10,16H2,1-2H3. The van der Waals surface area contributed by atoms with Crippen LogP contribution in [0.1, 0.15) is 37.5 Å². The monoisotopic (exact) mass is 291 g/mol. The van der Waals surface area contributed by atoms with Gasteiger partial charge in [0.1, 0.15) is 0 Å². The summed E-state index contributed by atoms with van der Waals surface area (Å²) in [5.74, 6) is 2.46. The van der Waals surface area contributed by atoms with Crippen LogP contribution in [0.5, 0.6) is 11.5 Å². The largest absolute Gasteiger partial charge is 0.490 e. The fourth-order valence-electron chi connectivity index (χ4n) is 1.96. The van der Waals surface area contributed by atoms with Crippen molar-refractivity contribution in [2.75, 3.05) is 6.61 Å². The number of rotatable bonds is 8. The quantitative estimate of drug-likeness (QED) is 0.804. The summed E-state index contributed by atoms with van der Waals surface area (Å²) in [7, 11) is 0. The Morgan fingerprint density at radius 2 is 2.10 bits per heavy atom. The summed E-state index contributed by atoms with van der Waals surface area (Å²) in [5.41, 5.74) is 6.62. The van der Waals surface area contributed by atoms with Gasteiger partial charge in [0.05, 0.1) is 6.61 Å². The van der Waals surface area contributed by atoms with Gasteiger partial charge in [-0.2, -0.15) is 4.98 Å². The van der Waals surface area contributed by atoms with Crippen LogP contribution < -0.4 is 15.2 Å². The van der Waals surface area contributed by atoms with Crippen LogP contribution in [0.2, 0.25) is 0 Å². The summed E-state index contributed by atoms with van der Waals surface area (Å²) in [6, 6.07) is 5.66. The molecule has 0 amide bonds. The third kappa shape index (κ3) is 3.95. The van der Waals surface area contributed by atoms with Crippen molar-refractivity contribution in [3.8, 4) is 11.5 Å². The van der Waals surface area contributed by atoms with E-state index in [0.29, 0.717) is 36.4 Å². The number of aryl methyl sites for hydroxylation is 1. The van der Waals surface area contributed by atoms with Gasteiger partial charge in [-0.3, -0.25) is 0 Å². The summed E-state index contributed by atoms with van der Waals surface area (Å²) in [6.07, 6.45) is 1.78. The second-order valence-electron chi connectivity index (χ2n) is 4.52. The van der Waals surface area contributed by atoms with Crippen molar-refractivity contribution in [1.29, 1.82) is 0 Å². The van der Waals surface area contributed by atoms with E-state index in [-0.39, 0.29) is 6.61 Å². The lowest BCUT2D eigenvalue weighted by Crippen LogP contribution is -2.05. The molecule has 0 atom stereocenters. The van der Waals surface area contributed by atoms with E-state index in [1.54, 1.807) is 0 Å². The SMILES string of the molecule is CCCc1noc(COc2c(CN)cccc2OCC)n1. The van der Waals surface area contributed by atoms with Gasteiger partial charge < -0.3 is 19.7 Å². The van der Waals surface area contributed by atoms with Gasteiger partial charge in [0.25, 0.3) is 5.89 Å². The normalized spacial score (nSPS) is 10.6. The highest BCUT2D eigenvalue weighted by Crippen LogP contribution is 2.31. The number of hydrogen-bond donors (Lipinski definition) is 1. The van der Waals surface area contributed by atoms with E-state index < -0.39 is 0 Å². The number of aromatic nitrogens is 2. The minimum absolute atomic E-state index is 0.202. The van der Waals surface area contributed by atoms with Gasteiger partial charge in [-0.15, -0.1) is 0 Å². The Morgan fingerprint density at radius 3 is 2.81 bits per heavy atom. The number of nitrogens with two attached hydrogens (primary N) is 1. The number of benzene rings is 1. The minimum Gasteiger partial charge on any atom is -0.490 e. The third-order valence-electron chi connectivity index (χ3n) is 2.90. The Bertz CT molecular complexity index is 569. The van der Waals surface area contributed by atoms with Crippen molar-refractivity contribution < 1.29 is 14.0 Å². The number of hydrogen-bond acceptors (Lipinski definition) is 6. The summed E-state index contributed by atoms with van der Waals surface area (Å²) >= 11 is 0. The second-order valence-corrected chi connectivity index (χ2v) is 4.52. The number of nitrogens with zero attached hydrogens (tertiary/aromatic N) is 2. The zero-order valence-corrected chi connectivity index (χ0v) is 12.5. The lowest BCUT2D eigenvalue weighted by atomic mass is 10.2. The molecule has 6 heteroatoms. The highest BCUT2D eigenvalue weighted by atomic mass is 16.5. The second kappa shape index (κ2) is 7.64. The predicted octanol–water partition coefficient (Wildman–Crippen LogP) is 2.46. The third-order valence-corrected chi connectivity index (χ3v) is 2.90. The summed E-state index contributed by atoms with van der Waals surface area (Å²) in [6.45, 7) is 5.13. The molecule has 0 aliphatic rings. The molecule has 1 aromatic carbocycles. The van der Waals surface area contributed by atoms with E-state index in [9.17, 15) is 0 Å². The summed E-state index contributed by atoms with van der Waals surface area (Å²) < 4.78 is 16.5. The topological polar surface area (TPSA) is 83.4 Å². The zero-order chi connectivity index (χ0) is 15.1. The fourth-order valence-corrected chi connectivity index (χ4v) is 1.96. The Morgan fingerprint density at radius 1 is 1.24 bits per heavy atom. The van der Waals surface area contributed by atoms with Crippen LogP contribution in [0, 0.1) is 0 Å². The smallest absolute Gasteiger partial charge is 0.264 e. The predicted molar refractivity (Wildman–Crippen MR) is 78.1 cm³/mol. The van der Waals surface area contributed by atoms with Crippen molar-refractivity contribution in [1.82, 2.24) is 10.1 Å². The molecule has 1 aromatic heterocycles. The van der Waals surface area contributed by atoms with Gasteiger partial charge in [-0.1, -0.05) is 24.2 Å². The molecule has 0 saturated heterocycles. The van der Waals surface area contributed by atoms with Crippen LogP contribution in [0.25, 0.3) is 0 Å². The van der Waals surface area contributed by atoms with E-state index in [0.717, 1.165) is 18.4 Å². The minimum atomic E-state index is 0.202. The average Bonchev–Trinajstić information content (AvgIpc) is 2.94. The molecule has 6 nitrogen and oxygen atoms in total. The van der Waals surface area contributed by atoms with Crippen molar-refractivity contribution >= 4 is 0 Å². The van der Waals surface area contributed by atoms with Crippen molar-refractivity contribution in [2.45, 2.75) is 39.8 Å². The highest BCUT2D eigenvalue weighted by Gasteiger charge is 2.12. The van der Waals surface area contributed by atoms with Crippen molar-refractivity contribution in [2.24, 2.45) is 5.73 Å². The van der Waals surface area contributed by atoms with Crippen LogP contribution in [0.4, 0.5) is 0 Å². The molecule has 1 heterocycles. The average molecular weight is 291 g/mol. The molecule has 2 rings (SSSR count). The molecule has 0 unspecified atom stereocenters. The molecule has 0 saturated carbocycles. The Balaban J connectivity index is 2.10. The van der Waals surface area contributed by atoms with Gasteiger partial charge in [-0.25, -0.2) is 0 Å². The van der Waals surface area contributed by atoms with Crippen LogP contribution in [0.15, 0.2) is 22.7 Å². The molecule has 0 aliphatic heterocycles. The van der Waals surface area contributed by atoms with E-state index >= 15 is 0 Å². The molecule has 21 heavy (non-hydrogen) atoms. The molecule has 0 aliphatic carbocycles. The van der Waals surface area contributed by atoms with Gasteiger partial charge >= 0.3 is 0 Å². The molecular weight excluding hydrogens is 270 g/mol. The molecule has 2 N–H and O–H groups in total. The molecule has 0 bridgehead atoms. The van der Waals surface area contributed by atoms with E-state index in [1.807, 2.05) is 25.1 Å². The highest BCUT2D eigenvalue weighted by molar-refractivity contribution is 5.46. The van der Waals surface area contributed by atoms with Crippen LogP contribution >= 0.6 is 0 Å². The van der Waals surface area contributed by atoms with Gasteiger partial charge in [0, 0.05) is 18.5 Å². The molecule has 114 valence electrons. The summed E-state index contributed by atoms with van der Waals surface area (Å²) in [4.78, 5) is 4.27. The maximum Gasteiger partial charge on any atom is 0.264 e. The Labute approximate surface area is 124 Å². The van der Waals surface area contributed by atoms with Crippen LogP contribution in [-0.4, -0.2) is 16.7 Å². The summed E-state index contributed by atoms with van der Waals surface area (Å²) in [5, 5.41) is 3.90. The van der Waals surface area contributed by atoms with Crippen molar-refractivity contribution in [3.05, 3.63) is 35.5 Å². The first-order valence-corrected chi connectivity index (χ1v) is 7.17. The maximum atomic E-state index is 5.79.